The molecular weight excluding hydrogens is 250 g/mol. The second-order valence-electron chi connectivity index (χ2n) is 5.27. The third kappa shape index (κ3) is 3.10. The molecule has 0 atom stereocenters. The molecule has 1 fully saturated rings. The molecule has 0 aliphatic carbocycles. The van der Waals surface area contributed by atoms with Crippen LogP contribution in [0.15, 0.2) is 18.2 Å². The second kappa shape index (κ2) is 5.25. The van der Waals surface area contributed by atoms with Crippen molar-refractivity contribution in [2.75, 3.05) is 13.1 Å². The second-order valence-corrected chi connectivity index (χ2v) is 5.27. The zero-order chi connectivity index (χ0) is 14.0. The molecule has 0 spiro atoms. The predicted octanol–water partition coefficient (Wildman–Crippen LogP) is 1.85. The normalized spacial score (nSPS) is 17.2. The van der Waals surface area contributed by atoms with E-state index in [0.29, 0.717) is 13.1 Å². The number of hydrogen-bond acceptors (Lipinski definition) is 2. The molecule has 0 aromatic heterocycles. The molecule has 1 aliphatic heterocycles. The molecule has 0 unspecified atom stereocenters. The Morgan fingerprint density at radius 1 is 1.42 bits per heavy atom. The number of amides is 1. The van der Waals surface area contributed by atoms with Crippen LogP contribution in [0.1, 0.15) is 25.3 Å². The number of carbonyl (C=O) groups excluding carboxylic acids is 1. The van der Waals surface area contributed by atoms with E-state index in [4.69, 9.17) is 5.73 Å². The number of nitrogens with two attached hydrogens (primary N) is 1. The molecule has 1 aromatic rings. The number of carbonyl (C=O) groups is 1. The van der Waals surface area contributed by atoms with Gasteiger partial charge in [-0.25, -0.2) is 8.78 Å². The first kappa shape index (κ1) is 13.9. The summed E-state index contributed by atoms with van der Waals surface area (Å²) in [4.78, 5) is 13.6. The van der Waals surface area contributed by atoms with E-state index in [1.165, 1.54) is 6.07 Å². The Kier molecular flexibility index (Phi) is 3.85. The lowest BCUT2D eigenvalue weighted by Crippen LogP contribution is -2.68. The number of halogens is 2. The van der Waals surface area contributed by atoms with Gasteiger partial charge in [-0.15, -0.1) is 0 Å². The molecule has 2 rings (SSSR count). The van der Waals surface area contributed by atoms with Crippen molar-refractivity contribution in [2.45, 2.75) is 31.7 Å². The van der Waals surface area contributed by atoms with E-state index in [9.17, 15) is 13.6 Å². The summed E-state index contributed by atoms with van der Waals surface area (Å²) in [5.74, 6) is -1.48. The first-order valence-corrected chi connectivity index (χ1v) is 6.44. The molecule has 19 heavy (non-hydrogen) atoms. The van der Waals surface area contributed by atoms with Gasteiger partial charge in [-0.1, -0.05) is 19.4 Å². The molecule has 1 amide bonds. The highest BCUT2D eigenvalue weighted by Gasteiger charge is 2.40. The van der Waals surface area contributed by atoms with Gasteiger partial charge in [0.25, 0.3) is 0 Å². The van der Waals surface area contributed by atoms with Gasteiger partial charge in [0.2, 0.25) is 5.91 Å². The molecule has 1 aromatic carbocycles. The van der Waals surface area contributed by atoms with Crippen molar-refractivity contribution in [1.82, 2.24) is 4.90 Å². The van der Waals surface area contributed by atoms with Gasteiger partial charge in [0, 0.05) is 19.2 Å². The number of hydrogen-bond donors (Lipinski definition) is 1. The summed E-state index contributed by atoms with van der Waals surface area (Å²) in [5.41, 5.74) is 6.00. The van der Waals surface area contributed by atoms with Crippen molar-refractivity contribution in [2.24, 2.45) is 5.73 Å². The summed E-state index contributed by atoms with van der Waals surface area (Å²) in [7, 11) is 0. The fraction of sp³-hybridized carbons (Fsp3) is 0.500. The zero-order valence-corrected chi connectivity index (χ0v) is 11.0. The van der Waals surface area contributed by atoms with E-state index < -0.39 is 11.6 Å². The van der Waals surface area contributed by atoms with Gasteiger partial charge in [-0.05, 0) is 18.1 Å². The standard InChI is InChI=1S/C14H18F2N2O/c1-2-5-14(17)8-18(9-14)13(19)6-10-3-4-11(15)7-12(10)16/h3-4,7H,2,5-6,8-9,17H2,1H3. The van der Waals surface area contributed by atoms with Gasteiger partial charge < -0.3 is 10.6 Å². The fourth-order valence-electron chi connectivity index (χ4n) is 2.49. The molecule has 3 nitrogen and oxygen atoms in total. The van der Waals surface area contributed by atoms with Crippen molar-refractivity contribution in [3.05, 3.63) is 35.4 Å². The molecule has 0 radical (unpaired) electrons. The summed E-state index contributed by atoms with van der Waals surface area (Å²) in [6, 6.07) is 3.26. The minimum absolute atomic E-state index is 0.0473. The highest BCUT2D eigenvalue weighted by molar-refractivity contribution is 5.80. The van der Waals surface area contributed by atoms with Gasteiger partial charge in [0.15, 0.2) is 0 Å². The van der Waals surface area contributed by atoms with Crippen LogP contribution in [0.4, 0.5) is 8.78 Å². The Bertz CT molecular complexity index is 484. The van der Waals surface area contributed by atoms with Crippen LogP contribution in [0, 0.1) is 11.6 Å². The highest BCUT2D eigenvalue weighted by atomic mass is 19.1. The molecule has 1 saturated heterocycles. The maximum absolute atomic E-state index is 13.4. The molecular formula is C14H18F2N2O. The van der Waals surface area contributed by atoms with Gasteiger partial charge >= 0.3 is 0 Å². The van der Waals surface area contributed by atoms with E-state index in [1.807, 2.05) is 6.92 Å². The van der Waals surface area contributed by atoms with Crippen LogP contribution in [-0.4, -0.2) is 29.4 Å². The minimum atomic E-state index is -0.679. The lowest BCUT2D eigenvalue weighted by atomic mass is 9.86. The summed E-state index contributed by atoms with van der Waals surface area (Å²) in [5, 5.41) is 0. The van der Waals surface area contributed by atoms with Crippen LogP contribution in [0.2, 0.25) is 0 Å². The van der Waals surface area contributed by atoms with Crippen LogP contribution < -0.4 is 5.73 Å². The molecule has 2 N–H and O–H groups in total. The fourth-order valence-corrected chi connectivity index (χ4v) is 2.49. The number of rotatable bonds is 4. The van der Waals surface area contributed by atoms with Crippen LogP contribution in [0.5, 0.6) is 0 Å². The van der Waals surface area contributed by atoms with Crippen molar-refractivity contribution >= 4 is 5.91 Å². The number of likely N-dealkylation sites (tertiary alicyclic amines) is 1. The lowest BCUT2D eigenvalue weighted by Gasteiger charge is -2.48. The van der Waals surface area contributed by atoms with Crippen LogP contribution >= 0.6 is 0 Å². The topological polar surface area (TPSA) is 46.3 Å². The largest absolute Gasteiger partial charge is 0.339 e. The Morgan fingerprint density at radius 3 is 2.68 bits per heavy atom. The van der Waals surface area contributed by atoms with E-state index in [1.54, 1.807) is 4.90 Å². The van der Waals surface area contributed by atoms with Crippen LogP contribution in [0.25, 0.3) is 0 Å². The zero-order valence-electron chi connectivity index (χ0n) is 11.0. The quantitative estimate of drug-likeness (QED) is 0.905. The van der Waals surface area contributed by atoms with E-state index in [0.717, 1.165) is 25.0 Å². The smallest absolute Gasteiger partial charge is 0.227 e. The molecule has 1 aliphatic rings. The molecule has 0 saturated carbocycles. The summed E-state index contributed by atoms with van der Waals surface area (Å²) in [6.45, 7) is 3.08. The maximum atomic E-state index is 13.4. The first-order valence-electron chi connectivity index (χ1n) is 6.44. The number of nitrogens with zero attached hydrogens (tertiary/aromatic N) is 1. The summed E-state index contributed by atoms with van der Waals surface area (Å²) in [6.07, 6.45) is 1.81. The Balaban J connectivity index is 1.93. The highest BCUT2D eigenvalue weighted by Crippen LogP contribution is 2.24. The SMILES string of the molecule is CCCC1(N)CN(C(=O)Cc2ccc(F)cc2F)C1. The lowest BCUT2D eigenvalue weighted by molar-refractivity contribution is -0.138. The summed E-state index contributed by atoms with van der Waals surface area (Å²) >= 11 is 0. The van der Waals surface area contributed by atoms with Crippen molar-refractivity contribution in [3.63, 3.8) is 0 Å². The van der Waals surface area contributed by atoms with Crippen molar-refractivity contribution in [3.8, 4) is 0 Å². The monoisotopic (exact) mass is 268 g/mol. The molecule has 1 heterocycles. The average molecular weight is 268 g/mol. The minimum Gasteiger partial charge on any atom is -0.339 e. The third-order valence-corrected chi connectivity index (χ3v) is 3.47. The molecule has 104 valence electrons. The van der Waals surface area contributed by atoms with Crippen LogP contribution in [0.3, 0.4) is 0 Å². The van der Waals surface area contributed by atoms with Crippen molar-refractivity contribution in [1.29, 1.82) is 0 Å². The Labute approximate surface area is 111 Å². The van der Waals surface area contributed by atoms with Gasteiger partial charge in [-0.2, -0.15) is 0 Å². The third-order valence-electron chi connectivity index (χ3n) is 3.47. The first-order chi connectivity index (χ1) is 8.93. The van der Waals surface area contributed by atoms with Gasteiger partial charge in [-0.3, -0.25) is 4.79 Å². The maximum Gasteiger partial charge on any atom is 0.227 e. The summed E-state index contributed by atoms with van der Waals surface area (Å²) < 4.78 is 26.2. The Morgan fingerprint density at radius 2 is 2.11 bits per heavy atom. The van der Waals surface area contributed by atoms with Gasteiger partial charge in [0.05, 0.1) is 12.0 Å². The van der Waals surface area contributed by atoms with Crippen molar-refractivity contribution < 1.29 is 13.6 Å². The van der Waals surface area contributed by atoms with Gasteiger partial charge in [0.1, 0.15) is 11.6 Å². The van der Waals surface area contributed by atoms with Crippen LogP contribution in [-0.2, 0) is 11.2 Å². The molecule has 0 bridgehead atoms. The molecule has 5 heteroatoms. The van der Waals surface area contributed by atoms with E-state index in [2.05, 4.69) is 0 Å². The number of benzene rings is 1. The van der Waals surface area contributed by atoms with E-state index >= 15 is 0 Å². The van der Waals surface area contributed by atoms with E-state index in [-0.39, 0.29) is 23.4 Å². The Hall–Kier alpha value is -1.49. The average Bonchev–Trinajstić information content (AvgIpc) is 2.29. The predicted molar refractivity (Wildman–Crippen MR) is 68.5 cm³/mol.